The van der Waals surface area contributed by atoms with Crippen LogP contribution >= 0.6 is 34.7 Å². The second-order valence-corrected chi connectivity index (χ2v) is 9.35. The number of halogens is 1. The van der Waals surface area contributed by atoms with Crippen LogP contribution in [0.25, 0.3) is 15.7 Å². The van der Waals surface area contributed by atoms with Gasteiger partial charge in [0, 0.05) is 17.1 Å². The molecule has 0 fully saturated rings. The van der Waals surface area contributed by atoms with Gasteiger partial charge in [-0.05, 0) is 48.6 Å². The van der Waals surface area contributed by atoms with Crippen LogP contribution in [-0.4, -0.2) is 25.8 Å². The summed E-state index contributed by atoms with van der Waals surface area (Å²) in [7, 11) is 0. The molecule has 3 aromatic heterocycles. The molecule has 1 amide bonds. The normalized spacial score (nSPS) is 12.6. The molecule has 8 heteroatoms. The van der Waals surface area contributed by atoms with Gasteiger partial charge in [-0.2, -0.15) is 0 Å². The van der Waals surface area contributed by atoms with Crippen molar-refractivity contribution in [1.82, 2.24) is 14.6 Å². The summed E-state index contributed by atoms with van der Waals surface area (Å²) in [5.41, 5.74) is 3.87. The number of carbonyl (C=O) groups is 1. The van der Waals surface area contributed by atoms with E-state index in [2.05, 4.69) is 44.4 Å². The maximum absolute atomic E-state index is 13.0. The van der Waals surface area contributed by atoms with Gasteiger partial charge in [0.25, 0.3) is 0 Å². The molecular weight excluding hydrogens is 424 g/mol. The van der Waals surface area contributed by atoms with E-state index < -0.39 is 0 Å². The molecule has 4 aromatic rings. The highest BCUT2D eigenvalue weighted by Gasteiger charge is 2.23. The van der Waals surface area contributed by atoms with Crippen molar-refractivity contribution >= 4 is 62.0 Å². The third kappa shape index (κ3) is 3.86. The van der Waals surface area contributed by atoms with Crippen molar-refractivity contribution < 1.29 is 4.79 Å². The third-order valence-corrected chi connectivity index (χ3v) is 7.28. The van der Waals surface area contributed by atoms with Crippen molar-refractivity contribution in [2.24, 2.45) is 0 Å². The monoisotopic (exact) mass is 444 g/mol. The highest BCUT2D eigenvalue weighted by molar-refractivity contribution is 8.00. The van der Waals surface area contributed by atoms with Crippen molar-refractivity contribution in [3.05, 3.63) is 52.1 Å². The molecule has 29 heavy (non-hydrogen) atoms. The molecule has 1 unspecified atom stereocenters. The Morgan fingerprint density at radius 2 is 2.07 bits per heavy atom. The average molecular weight is 445 g/mol. The van der Waals surface area contributed by atoms with Gasteiger partial charge in [-0.3, -0.25) is 9.20 Å². The fraction of sp³-hybridized carbons (Fsp3) is 0.286. The predicted molar refractivity (Wildman–Crippen MR) is 123 cm³/mol. The SMILES string of the molecule is CCc1nnc(SC(CC)C(=O)Nc2cc(Cl)ccc2C)c2cc3sccc3n12. The Labute approximate surface area is 182 Å². The lowest BCUT2D eigenvalue weighted by molar-refractivity contribution is -0.115. The maximum Gasteiger partial charge on any atom is 0.237 e. The summed E-state index contributed by atoms with van der Waals surface area (Å²) in [5, 5.41) is 15.1. The Kier molecular flexibility index (Phi) is 5.81. The van der Waals surface area contributed by atoms with Crippen LogP contribution in [0.2, 0.25) is 5.02 Å². The Bertz CT molecular complexity index is 1200. The van der Waals surface area contributed by atoms with Gasteiger partial charge in [0.1, 0.15) is 10.9 Å². The molecule has 0 saturated carbocycles. The number of nitrogens with one attached hydrogen (secondary N) is 1. The largest absolute Gasteiger partial charge is 0.325 e. The van der Waals surface area contributed by atoms with Crippen LogP contribution in [0.1, 0.15) is 31.7 Å². The first-order valence-electron chi connectivity index (χ1n) is 9.49. The lowest BCUT2D eigenvalue weighted by Gasteiger charge is -2.16. The number of hydrogen-bond acceptors (Lipinski definition) is 5. The van der Waals surface area contributed by atoms with Gasteiger partial charge in [-0.25, -0.2) is 0 Å². The number of hydrogen-bond donors (Lipinski definition) is 1. The average Bonchev–Trinajstić information content (AvgIpc) is 3.30. The highest BCUT2D eigenvalue weighted by Crippen LogP contribution is 2.34. The predicted octanol–water partition coefficient (Wildman–Crippen LogP) is 5.98. The van der Waals surface area contributed by atoms with E-state index in [-0.39, 0.29) is 11.2 Å². The molecule has 1 aromatic carbocycles. The fourth-order valence-corrected chi connectivity index (χ4v) is 5.21. The van der Waals surface area contributed by atoms with Gasteiger partial charge in [0.05, 0.1) is 21.0 Å². The number of anilines is 1. The minimum absolute atomic E-state index is 0.0595. The lowest BCUT2D eigenvalue weighted by atomic mass is 10.2. The van der Waals surface area contributed by atoms with Crippen LogP contribution < -0.4 is 5.32 Å². The van der Waals surface area contributed by atoms with Gasteiger partial charge >= 0.3 is 0 Å². The molecule has 1 N–H and O–H groups in total. The number of benzene rings is 1. The van der Waals surface area contributed by atoms with E-state index in [0.717, 1.165) is 39.6 Å². The summed E-state index contributed by atoms with van der Waals surface area (Å²) in [5.74, 6) is 0.862. The van der Waals surface area contributed by atoms with Gasteiger partial charge in [-0.15, -0.1) is 21.5 Å². The summed E-state index contributed by atoms with van der Waals surface area (Å²) in [6.07, 6.45) is 1.47. The summed E-state index contributed by atoms with van der Waals surface area (Å²) >= 11 is 9.25. The summed E-state index contributed by atoms with van der Waals surface area (Å²) < 4.78 is 3.36. The van der Waals surface area contributed by atoms with Crippen LogP contribution in [0.5, 0.6) is 0 Å². The standard InChI is InChI=1S/C21H21ClN4OS2/c1-4-17(20(27)23-14-10-13(22)7-6-12(14)3)29-21-16-11-18-15(8-9-28-18)26(16)19(5-2)24-25-21/h6-11,17H,4-5H2,1-3H3,(H,23,27). The summed E-state index contributed by atoms with van der Waals surface area (Å²) in [6.45, 7) is 6.03. The first kappa shape index (κ1) is 20.2. The number of rotatable bonds is 6. The fourth-order valence-electron chi connectivity index (χ4n) is 3.27. The number of amides is 1. The number of thiophene rings is 1. The topological polar surface area (TPSA) is 59.3 Å². The zero-order chi connectivity index (χ0) is 20.5. The Morgan fingerprint density at radius 1 is 1.24 bits per heavy atom. The molecule has 4 rings (SSSR count). The number of carbonyl (C=O) groups excluding carboxylic acids is 1. The first-order chi connectivity index (χ1) is 14.0. The van der Waals surface area contributed by atoms with Crippen molar-refractivity contribution in [2.45, 2.75) is 43.9 Å². The minimum atomic E-state index is -0.285. The van der Waals surface area contributed by atoms with E-state index in [1.165, 1.54) is 16.5 Å². The summed E-state index contributed by atoms with van der Waals surface area (Å²) in [6, 6.07) is 9.74. The first-order valence-corrected chi connectivity index (χ1v) is 11.6. The van der Waals surface area contributed by atoms with Gasteiger partial charge in [0.2, 0.25) is 5.91 Å². The van der Waals surface area contributed by atoms with Crippen molar-refractivity contribution in [3.63, 3.8) is 0 Å². The van der Waals surface area contributed by atoms with Crippen molar-refractivity contribution in [2.75, 3.05) is 5.32 Å². The number of thioether (sulfide) groups is 1. The zero-order valence-corrected chi connectivity index (χ0v) is 18.8. The van der Waals surface area contributed by atoms with E-state index in [4.69, 9.17) is 11.6 Å². The Balaban J connectivity index is 1.65. The number of nitrogens with zero attached hydrogens (tertiary/aromatic N) is 3. The van der Waals surface area contributed by atoms with E-state index in [9.17, 15) is 4.79 Å². The van der Waals surface area contributed by atoms with E-state index >= 15 is 0 Å². The zero-order valence-electron chi connectivity index (χ0n) is 16.4. The van der Waals surface area contributed by atoms with E-state index in [1.54, 1.807) is 17.4 Å². The Hall–Kier alpha value is -2.09. The number of aryl methyl sites for hydroxylation is 2. The van der Waals surface area contributed by atoms with Crippen molar-refractivity contribution in [3.8, 4) is 0 Å². The lowest BCUT2D eigenvalue weighted by Crippen LogP contribution is -2.25. The molecule has 0 aliphatic carbocycles. The van der Waals surface area contributed by atoms with E-state index in [1.807, 2.05) is 26.0 Å². The number of fused-ring (bicyclic) bond motifs is 3. The smallest absolute Gasteiger partial charge is 0.237 e. The van der Waals surface area contributed by atoms with Crippen LogP contribution in [-0.2, 0) is 11.2 Å². The molecule has 5 nitrogen and oxygen atoms in total. The van der Waals surface area contributed by atoms with Gasteiger partial charge in [-0.1, -0.05) is 43.3 Å². The molecule has 0 saturated heterocycles. The van der Waals surface area contributed by atoms with Crippen molar-refractivity contribution in [1.29, 1.82) is 0 Å². The van der Waals surface area contributed by atoms with E-state index in [0.29, 0.717) is 11.4 Å². The second-order valence-electron chi connectivity index (χ2n) is 6.77. The van der Waals surface area contributed by atoms with Gasteiger partial charge in [0.15, 0.2) is 0 Å². The van der Waals surface area contributed by atoms with Crippen LogP contribution in [0, 0.1) is 6.92 Å². The molecule has 1 atom stereocenters. The molecular formula is C21H21ClN4OS2. The molecule has 3 heterocycles. The maximum atomic E-state index is 13.0. The molecule has 0 aliphatic heterocycles. The van der Waals surface area contributed by atoms with Crippen LogP contribution in [0.15, 0.2) is 40.7 Å². The Morgan fingerprint density at radius 3 is 2.83 bits per heavy atom. The summed E-state index contributed by atoms with van der Waals surface area (Å²) in [4.78, 5) is 13.0. The molecule has 0 aliphatic rings. The molecule has 0 radical (unpaired) electrons. The minimum Gasteiger partial charge on any atom is -0.325 e. The molecule has 0 spiro atoms. The third-order valence-electron chi connectivity index (χ3n) is 4.85. The van der Waals surface area contributed by atoms with Crippen LogP contribution in [0.3, 0.4) is 0 Å². The van der Waals surface area contributed by atoms with Gasteiger partial charge < -0.3 is 5.32 Å². The van der Waals surface area contributed by atoms with Crippen LogP contribution in [0.4, 0.5) is 5.69 Å². The molecule has 150 valence electrons. The quantitative estimate of drug-likeness (QED) is 0.372. The molecule has 0 bridgehead atoms. The highest BCUT2D eigenvalue weighted by atomic mass is 35.5. The second kappa shape index (κ2) is 8.34. The number of aromatic nitrogens is 3.